The number of nitrogens with two attached hydrogens (primary N) is 2. The number of aliphatic carboxylic acids is 1. The third kappa shape index (κ3) is 19.5. The molecule has 0 aliphatic carbocycles. The third-order valence-electron chi connectivity index (χ3n) is 9.59. The Kier molecular flexibility index (Phi) is 23.8. The summed E-state index contributed by atoms with van der Waals surface area (Å²) in [5, 5.41) is 45.8. The van der Waals surface area contributed by atoms with Crippen LogP contribution in [0, 0.1) is 0 Å². The second kappa shape index (κ2) is 27.5. The molecule has 1 aromatic rings. The molecule has 1 fully saturated rings. The zero-order valence-corrected chi connectivity index (χ0v) is 37.1. The first-order chi connectivity index (χ1) is 30.1. The first-order valence-electron chi connectivity index (χ1n) is 20.1. The van der Waals surface area contributed by atoms with Gasteiger partial charge in [0.25, 0.3) is 5.91 Å². The fraction of sp³-hybridized carbons (Fsp3) is 0.611. The number of amides is 7. The Labute approximate surface area is 373 Å². The Bertz CT molecular complexity index is 1740. The zero-order chi connectivity index (χ0) is 48.1. The molecule has 0 saturated carbocycles. The molecule has 7 amide bonds. The van der Waals surface area contributed by atoms with Gasteiger partial charge in [-0.1, -0.05) is 12.1 Å². The number of aliphatic hydroxyl groups excluding tert-OH is 1. The lowest BCUT2D eigenvalue weighted by Crippen LogP contribution is -2.63. The van der Waals surface area contributed by atoms with Crippen LogP contribution in [0.5, 0.6) is 5.75 Å². The summed E-state index contributed by atoms with van der Waals surface area (Å²) in [6, 6.07) is -3.04. The van der Waals surface area contributed by atoms with E-state index in [0.29, 0.717) is 11.3 Å². The highest BCUT2D eigenvalue weighted by molar-refractivity contribution is 7.98. The second-order valence-electron chi connectivity index (χ2n) is 14.6. The van der Waals surface area contributed by atoms with Crippen molar-refractivity contribution >= 4 is 67.3 Å². The Hall–Kier alpha value is -4.80. The highest BCUT2D eigenvalue weighted by Crippen LogP contribution is 2.47. The van der Waals surface area contributed by atoms with Gasteiger partial charge in [0.1, 0.15) is 60.9 Å². The number of nitrogens with zero attached hydrogens (tertiary/aromatic N) is 1. The van der Waals surface area contributed by atoms with Crippen LogP contribution >= 0.6 is 19.9 Å². The Morgan fingerprint density at radius 2 is 1.50 bits per heavy atom. The maximum atomic E-state index is 14.4. The van der Waals surface area contributed by atoms with Gasteiger partial charge >= 0.3 is 14.1 Å². The molecule has 7 atom stereocenters. The van der Waals surface area contributed by atoms with Gasteiger partial charge in [-0.05, 0) is 75.3 Å². The molecular weight excluding hydrogens is 889 g/mol. The summed E-state index contributed by atoms with van der Waals surface area (Å²) in [6.07, 6.45) is -0.663. The van der Waals surface area contributed by atoms with Crippen LogP contribution in [0.2, 0.25) is 0 Å². The van der Waals surface area contributed by atoms with Gasteiger partial charge in [0.2, 0.25) is 35.4 Å². The van der Waals surface area contributed by atoms with E-state index in [0.717, 1.165) is 11.8 Å². The van der Waals surface area contributed by atoms with E-state index in [4.69, 9.17) is 21.1 Å². The number of rotatable bonds is 28. The molecule has 28 heteroatoms. The number of phenols is 1. The number of carboxylic acid groups (broad SMARTS) is 1. The van der Waals surface area contributed by atoms with Gasteiger partial charge in [0, 0.05) is 13.0 Å². The van der Waals surface area contributed by atoms with E-state index in [1.54, 1.807) is 6.26 Å². The number of carbonyl (C=O) groups excluding carboxylic acids is 7. The van der Waals surface area contributed by atoms with E-state index in [2.05, 4.69) is 43.0 Å². The van der Waals surface area contributed by atoms with Gasteiger partial charge in [-0.3, -0.25) is 43.7 Å². The fourth-order valence-corrected chi connectivity index (χ4v) is 7.42. The SMILES string of the molecule is CSCC[C@H](NC(=O)[C@@H]1CCCN1C(=O)[C@@H](NC(=O)[C@H](CCCNC(N)N)NC(=O)[C@H](CO)NC(=O)C[NH3+])[C@@H](C)O[P+](O)(O)O)C(=O)N[C@@H](Cc1ccc(O)cc1)C(=O)NCC(=O)O. The second-order valence-corrected chi connectivity index (χ2v) is 16.8. The van der Waals surface area contributed by atoms with Gasteiger partial charge in [0.05, 0.1) is 6.61 Å². The van der Waals surface area contributed by atoms with Crippen molar-refractivity contribution in [2.45, 2.75) is 94.1 Å². The standard InChI is InChI=1S/C36H60N11O15PS/c1-19(62-63(59,60)61)29(46-32(55)22(5-3-12-40-36(38)39)43-33(56)25(18-48)42-27(50)16-37)35(58)47-13-4-6-26(47)34(57)44-23(11-14-64-2)31(54)45-24(30(53)41-17-28(51)52)15-20-7-9-21(49)10-8-20/h7-10,19,22-26,29,36,40,48,59-61H,3-6,11-18,37-39H2,1-2H3,(H7-,41,42,43,44,45,46,49,50,51,52,53,54,55,56,57)/p+2/t19-,22+,23+,24+,25+,26+,29+/m1/s1. The van der Waals surface area contributed by atoms with Crippen LogP contribution in [-0.4, -0.2) is 176 Å². The van der Waals surface area contributed by atoms with Gasteiger partial charge in [-0.15, -0.1) is 4.52 Å². The molecule has 0 radical (unpaired) electrons. The summed E-state index contributed by atoms with van der Waals surface area (Å²) in [5.74, 6) is -7.27. The average Bonchev–Trinajstić information content (AvgIpc) is 3.73. The predicted molar refractivity (Wildman–Crippen MR) is 228 cm³/mol. The number of aliphatic hydroxyl groups is 1. The molecule has 1 aromatic carbocycles. The van der Waals surface area contributed by atoms with Crippen LogP contribution in [0.15, 0.2) is 24.3 Å². The lowest BCUT2D eigenvalue weighted by Gasteiger charge is -2.32. The van der Waals surface area contributed by atoms with Crippen LogP contribution in [0.1, 0.15) is 44.6 Å². The molecular formula is C36H62N11O15PS+2. The number of hydrogen-bond donors (Lipinski definition) is 16. The molecule has 0 spiro atoms. The number of nitrogens with one attached hydrogen (secondary N) is 7. The zero-order valence-electron chi connectivity index (χ0n) is 35.4. The number of quaternary nitrogens is 1. The number of carboxylic acids is 1. The lowest BCUT2D eigenvalue weighted by atomic mass is 10.0. The molecule has 1 saturated heterocycles. The van der Waals surface area contributed by atoms with Crippen molar-refractivity contribution in [3.63, 3.8) is 0 Å². The van der Waals surface area contributed by atoms with Gasteiger partial charge < -0.3 is 69.3 Å². The summed E-state index contributed by atoms with van der Waals surface area (Å²) in [5.41, 5.74) is 15.0. The molecule has 26 nitrogen and oxygen atoms in total. The topological polar surface area (TPSA) is 434 Å². The number of aromatic hydroxyl groups is 1. The van der Waals surface area contributed by atoms with Crippen molar-refractivity contribution in [1.82, 2.24) is 42.1 Å². The summed E-state index contributed by atoms with van der Waals surface area (Å²) in [7, 11) is -5.07. The summed E-state index contributed by atoms with van der Waals surface area (Å²) in [6.45, 7) is -0.708. The van der Waals surface area contributed by atoms with E-state index in [-0.39, 0.29) is 63.9 Å². The van der Waals surface area contributed by atoms with Crippen LogP contribution in [0.4, 0.5) is 0 Å². The highest BCUT2D eigenvalue weighted by Gasteiger charge is 2.46. The van der Waals surface area contributed by atoms with E-state index >= 15 is 0 Å². The monoisotopic (exact) mass is 951 g/mol. The molecule has 0 unspecified atom stereocenters. The maximum absolute atomic E-state index is 14.4. The largest absolute Gasteiger partial charge is 0.567 e. The van der Waals surface area contributed by atoms with E-state index in [9.17, 15) is 63.2 Å². The van der Waals surface area contributed by atoms with E-state index in [1.165, 1.54) is 36.0 Å². The molecule has 1 heterocycles. The molecule has 64 heavy (non-hydrogen) atoms. The number of thioether (sulfide) groups is 1. The lowest BCUT2D eigenvalue weighted by molar-refractivity contribution is -0.355. The van der Waals surface area contributed by atoms with Crippen molar-refractivity contribution in [2.24, 2.45) is 11.5 Å². The summed E-state index contributed by atoms with van der Waals surface area (Å²) < 4.78 is 4.92. The smallest absolute Gasteiger partial charge is 0.508 e. The Morgan fingerprint density at radius 3 is 2.08 bits per heavy atom. The Balaban J connectivity index is 2.41. The predicted octanol–water partition coefficient (Wildman–Crippen LogP) is -6.83. The van der Waals surface area contributed by atoms with Crippen LogP contribution in [0.25, 0.3) is 0 Å². The number of carbonyl (C=O) groups is 8. The minimum absolute atomic E-state index is 0.0386. The number of likely N-dealkylation sites (tertiary alicyclic amines) is 1. The van der Waals surface area contributed by atoms with Crippen molar-refractivity contribution in [3.05, 3.63) is 29.8 Å². The van der Waals surface area contributed by atoms with E-state index in [1.807, 2.05) is 0 Å². The van der Waals surface area contributed by atoms with Gasteiger partial charge in [-0.25, -0.2) is 0 Å². The Morgan fingerprint density at radius 1 is 0.891 bits per heavy atom. The van der Waals surface area contributed by atoms with Crippen molar-refractivity contribution in [1.29, 1.82) is 0 Å². The molecule has 360 valence electrons. The van der Waals surface area contributed by atoms with Gasteiger partial charge in [0.15, 0.2) is 6.54 Å². The molecule has 1 aliphatic rings. The average molecular weight is 952 g/mol. The number of benzene rings is 1. The van der Waals surface area contributed by atoms with Crippen molar-refractivity contribution in [2.75, 3.05) is 44.8 Å². The quantitative estimate of drug-likeness (QED) is 0.0211. The molecule has 20 N–H and O–H groups in total. The van der Waals surface area contributed by atoms with E-state index < -0.39 is 117 Å². The molecule has 2 rings (SSSR count). The van der Waals surface area contributed by atoms with Gasteiger partial charge in [-0.2, -0.15) is 26.4 Å². The highest BCUT2D eigenvalue weighted by atomic mass is 32.2. The number of phenolic OH excluding ortho intramolecular Hbond substituents is 1. The van der Waals surface area contributed by atoms with Crippen molar-refractivity contribution in [3.8, 4) is 5.75 Å². The summed E-state index contributed by atoms with van der Waals surface area (Å²) in [4.78, 5) is 136. The number of hydrogen-bond acceptors (Lipinski definition) is 18. The first-order valence-corrected chi connectivity index (χ1v) is 23.0. The van der Waals surface area contributed by atoms with Crippen molar-refractivity contribution < 1.29 is 78.6 Å². The third-order valence-corrected chi connectivity index (χ3v) is 10.8. The minimum Gasteiger partial charge on any atom is -0.508 e. The fourth-order valence-electron chi connectivity index (χ4n) is 6.38. The van der Waals surface area contributed by atoms with Crippen LogP contribution < -0.4 is 54.4 Å². The summed E-state index contributed by atoms with van der Waals surface area (Å²) >= 11 is 1.34. The maximum Gasteiger partial charge on any atom is 0.567 e. The molecule has 1 aliphatic heterocycles. The first kappa shape index (κ1) is 55.3. The normalized spacial score (nSPS) is 16.7. The van der Waals surface area contributed by atoms with Crippen LogP contribution in [0.3, 0.4) is 0 Å². The molecule has 0 aromatic heterocycles. The molecule has 0 bridgehead atoms. The van der Waals surface area contributed by atoms with Crippen LogP contribution in [-0.2, 0) is 49.3 Å². The minimum atomic E-state index is -5.07.